The first-order chi connectivity index (χ1) is 10.2. The second-order valence-electron chi connectivity index (χ2n) is 4.99. The summed E-state index contributed by atoms with van der Waals surface area (Å²) in [6.45, 7) is 5.99. The van der Waals surface area contributed by atoms with Crippen LogP contribution in [0.2, 0.25) is 0 Å². The molecule has 1 aliphatic rings. The predicted molar refractivity (Wildman–Crippen MR) is 117 cm³/mol. The topological polar surface area (TPSA) is 54.4 Å². The fraction of sp³-hybridized carbons (Fsp3) is 0.714. The van der Waals surface area contributed by atoms with Crippen LogP contribution in [0, 0.1) is 5.92 Å². The van der Waals surface area contributed by atoms with Crippen LogP contribution in [0.3, 0.4) is 0 Å². The van der Waals surface area contributed by atoms with Gasteiger partial charge in [0, 0.05) is 24.5 Å². The molecule has 8 heteroatoms. The van der Waals surface area contributed by atoms with Crippen LogP contribution in [-0.2, 0) is 14.5 Å². The standard InChI is InChI=1S/C14H22O3S.3HI.V/c1-4-11(15)14-12(16)7-10(8-13(14)17)6-9(3)18-5-2;;;;/h9-10,15H,4-8H2,1-3H3;3*1H;/q;;;;+3/p-3. The Labute approximate surface area is 175 Å². The van der Waals surface area contributed by atoms with Crippen LogP contribution in [0.1, 0.15) is 46.5 Å². The first-order valence-corrected chi connectivity index (χ1v) is 21.7. The molecule has 1 saturated carbocycles. The van der Waals surface area contributed by atoms with Gasteiger partial charge in [0.15, 0.2) is 11.6 Å². The van der Waals surface area contributed by atoms with E-state index < -0.39 is 0 Å². The number of Topliss-reactive ketones (excluding diaryl/α,β-unsaturated/α-hetero) is 2. The summed E-state index contributed by atoms with van der Waals surface area (Å²) in [5.74, 6) is 0.804. The molecule has 22 heavy (non-hydrogen) atoms. The number of hydrogen-bond donors (Lipinski definition) is 1. The van der Waals surface area contributed by atoms with E-state index in [1.807, 2.05) is 11.8 Å². The predicted octanol–water partition coefficient (Wildman–Crippen LogP) is 5.94. The van der Waals surface area contributed by atoms with E-state index in [-0.39, 0.29) is 33.7 Å². The summed E-state index contributed by atoms with van der Waals surface area (Å²) in [6, 6.07) is 0. The summed E-state index contributed by atoms with van der Waals surface area (Å²) in [7, 11) is 0. The van der Waals surface area contributed by atoms with Gasteiger partial charge in [-0.15, -0.1) is 0 Å². The molecule has 3 nitrogen and oxygen atoms in total. The summed E-state index contributed by atoms with van der Waals surface area (Å²) >= 11 is 9.24. The van der Waals surface area contributed by atoms with E-state index in [0.29, 0.717) is 24.5 Å². The van der Waals surface area contributed by atoms with Gasteiger partial charge in [-0.05, 0) is 18.1 Å². The SMILES string of the molecule is CCSC(C)CC1CC(=O)C(=C(O)CC)C(=O)C1.[I][V]([I])[I]. The molecule has 0 aliphatic heterocycles. The second kappa shape index (κ2) is 13.2. The molecule has 1 rings (SSSR count). The van der Waals surface area contributed by atoms with E-state index in [2.05, 4.69) is 73.8 Å². The van der Waals surface area contributed by atoms with Gasteiger partial charge in [-0.1, -0.05) is 20.8 Å². The van der Waals surface area contributed by atoms with Crippen molar-refractivity contribution in [2.75, 3.05) is 5.75 Å². The number of thioether (sulfide) groups is 1. The van der Waals surface area contributed by atoms with Crippen molar-refractivity contribution in [1.82, 2.24) is 0 Å². The molecule has 0 radical (unpaired) electrons. The maximum absolute atomic E-state index is 11.9. The third kappa shape index (κ3) is 10.1. The fourth-order valence-corrected chi connectivity index (χ4v) is 3.42. The Kier molecular flexibility index (Phi) is 14.4. The Morgan fingerprint density at radius 1 is 1.27 bits per heavy atom. The number of carbonyl (C=O) groups excluding carboxylic acids is 2. The Morgan fingerprint density at radius 3 is 2.09 bits per heavy atom. The van der Waals surface area contributed by atoms with Gasteiger partial charge in [0.05, 0.1) is 5.57 Å². The van der Waals surface area contributed by atoms with Gasteiger partial charge < -0.3 is 5.11 Å². The minimum absolute atomic E-state index is 0.0422. The molecule has 0 bridgehead atoms. The summed E-state index contributed by atoms with van der Waals surface area (Å²) in [4.78, 5) is 23.5. The van der Waals surface area contributed by atoms with Crippen LogP contribution in [0.15, 0.2) is 11.3 Å². The molecular weight excluding hydrogens is 680 g/mol. The molecule has 1 N–H and O–H groups in total. The molecule has 1 atom stereocenters. The van der Waals surface area contributed by atoms with Crippen molar-refractivity contribution >= 4 is 83.3 Å². The van der Waals surface area contributed by atoms with Crippen molar-refractivity contribution in [3.63, 3.8) is 0 Å². The van der Waals surface area contributed by atoms with Gasteiger partial charge in [-0.2, -0.15) is 11.8 Å². The average Bonchev–Trinajstić information content (AvgIpc) is 2.37. The molecule has 1 fully saturated rings. The first-order valence-electron chi connectivity index (χ1n) is 7.10. The molecule has 0 amide bonds. The number of rotatable bonds is 5. The zero-order chi connectivity index (χ0) is 17.3. The van der Waals surface area contributed by atoms with Crippen molar-refractivity contribution in [2.24, 2.45) is 5.92 Å². The van der Waals surface area contributed by atoms with E-state index in [9.17, 15) is 14.7 Å². The number of carbonyl (C=O) groups is 2. The Balaban J connectivity index is 0.000000980. The number of ketones is 2. The summed E-state index contributed by atoms with van der Waals surface area (Å²) in [5.41, 5.74) is 0.0598. The third-order valence-corrected chi connectivity index (χ3v) is 4.34. The number of halogens is 3. The average molecular weight is 702 g/mol. The number of hydrogen-bond acceptors (Lipinski definition) is 4. The van der Waals surface area contributed by atoms with Crippen LogP contribution >= 0.6 is 71.7 Å². The summed E-state index contributed by atoms with van der Waals surface area (Å²) in [6.07, 6.45) is 2.05. The van der Waals surface area contributed by atoms with Gasteiger partial charge in [-0.25, -0.2) is 0 Å². The second-order valence-corrected chi connectivity index (χ2v) is 42.1. The molecule has 0 aromatic rings. The van der Waals surface area contributed by atoms with Crippen molar-refractivity contribution < 1.29 is 19.6 Å². The normalized spacial score (nSPS) is 19.8. The number of aliphatic hydroxyl groups is 1. The van der Waals surface area contributed by atoms with Crippen molar-refractivity contribution in [2.45, 2.75) is 51.7 Å². The Hall–Kier alpha value is 2.00. The van der Waals surface area contributed by atoms with Crippen molar-refractivity contribution in [1.29, 1.82) is 0 Å². The Morgan fingerprint density at radius 2 is 1.73 bits per heavy atom. The maximum atomic E-state index is 11.9. The molecule has 0 aromatic carbocycles. The monoisotopic (exact) mass is 702 g/mol. The van der Waals surface area contributed by atoms with E-state index in [1.54, 1.807) is 6.92 Å². The Bertz CT molecular complexity index is 393. The number of allylic oxidation sites excluding steroid dienone is 2. The van der Waals surface area contributed by atoms with Gasteiger partial charge in [0.25, 0.3) is 0 Å². The molecule has 0 heterocycles. The molecule has 0 aromatic heterocycles. The number of aliphatic hydroxyl groups excluding tert-OH is 1. The zero-order valence-electron chi connectivity index (χ0n) is 12.9. The van der Waals surface area contributed by atoms with Crippen LogP contribution in [-0.4, -0.2) is 27.7 Å². The van der Waals surface area contributed by atoms with E-state index >= 15 is 0 Å². The summed E-state index contributed by atoms with van der Waals surface area (Å²) in [5, 5.41) is 10.1. The molecule has 1 unspecified atom stereocenters. The quantitative estimate of drug-likeness (QED) is 0.167. The van der Waals surface area contributed by atoms with Crippen LogP contribution in [0.4, 0.5) is 0 Å². The first kappa shape index (κ1) is 24.0. The molecule has 0 saturated heterocycles. The van der Waals surface area contributed by atoms with E-state index in [0.717, 1.165) is 12.2 Å². The van der Waals surface area contributed by atoms with Crippen molar-refractivity contribution in [3.05, 3.63) is 11.3 Å². The summed E-state index contributed by atoms with van der Waals surface area (Å²) < 4.78 is 0. The zero-order valence-corrected chi connectivity index (χ0v) is 21.6. The van der Waals surface area contributed by atoms with E-state index in [1.165, 1.54) is 0 Å². The molecule has 0 spiro atoms. The van der Waals surface area contributed by atoms with Gasteiger partial charge >= 0.3 is 64.9 Å². The van der Waals surface area contributed by atoms with Crippen LogP contribution < -0.4 is 0 Å². The molecule has 1 aliphatic carbocycles. The van der Waals surface area contributed by atoms with Crippen molar-refractivity contribution in [3.8, 4) is 0 Å². The van der Waals surface area contributed by atoms with Gasteiger partial charge in [0.1, 0.15) is 5.76 Å². The molecule has 128 valence electrons. The van der Waals surface area contributed by atoms with Crippen LogP contribution in [0.25, 0.3) is 0 Å². The molecular formula is C14H22I3O3SV. The van der Waals surface area contributed by atoms with E-state index in [4.69, 9.17) is 0 Å². The van der Waals surface area contributed by atoms with Crippen LogP contribution in [0.5, 0.6) is 0 Å². The van der Waals surface area contributed by atoms with Gasteiger partial charge in [-0.3, -0.25) is 9.59 Å². The minimum atomic E-state index is -0.278. The fourth-order valence-electron chi connectivity index (χ4n) is 2.44. The third-order valence-electron chi connectivity index (χ3n) is 3.25. The van der Waals surface area contributed by atoms with Gasteiger partial charge in [0.2, 0.25) is 0 Å².